The van der Waals surface area contributed by atoms with Crippen LogP contribution in [0.1, 0.15) is 11.1 Å². The Balaban J connectivity index is 2.61. The highest BCUT2D eigenvalue weighted by molar-refractivity contribution is 6.38. The molecule has 0 radical (unpaired) electrons. The summed E-state index contributed by atoms with van der Waals surface area (Å²) < 4.78 is 5.81. The van der Waals surface area contributed by atoms with Crippen LogP contribution in [-0.2, 0) is 0 Å². The maximum absolute atomic E-state index is 7.54. The maximum atomic E-state index is 7.54. The monoisotopic (exact) mass is 255 g/mol. The SMILES string of the molecule is C=Cc1cc(Cl)c2c(oc3ccccc32)c1C=N. The zero-order valence-electron chi connectivity index (χ0n) is 9.53. The molecule has 0 saturated heterocycles. The minimum absolute atomic E-state index is 0.621. The van der Waals surface area contributed by atoms with E-state index in [1.165, 1.54) is 6.21 Å². The van der Waals surface area contributed by atoms with Crippen LogP contribution in [-0.4, -0.2) is 6.21 Å². The van der Waals surface area contributed by atoms with Crippen LogP contribution in [0.5, 0.6) is 0 Å². The summed E-state index contributed by atoms with van der Waals surface area (Å²) >= 11 is 6.31. The quantitative estimate of drug-likeness (QED) is 0.651. The van der Waals surface area contributed by atoms with Gasteiger partial charge < -0.3 is 9.83 Å². The Hall–Kier alpha value is -2.06. The van der Waals surface area contributed by atoms with E-state index >= 15 is 0 Å². The van der Waals surface area contributed by atoms with Crippen LogP contribution in [0.2, 0.25) is 5.02 Å². The Morgan fingerprint density at radius 3 is 2.78 bits per heavy atom. The lowest BCUT2D eigenvalue weighted by molar-refractivity contribution is 0.668. The van der Waals surface area contributed by atoms with E-state index < -0.39 is 0 Å². The zero-order valence-corrected chi connectivity index (χ0v) is 10.3. The van der Waals surface area contributed by atoms with Gasteiger partial charge in [0.25, 0.3) is 0 Å². The summed E-state index contributed by atoms with van der Waals surface area (Å²) in [5.41, 5.74) is 2.94. The smallest absolute Gasteiger partial charge is 0.146 e. The maximum Gasteiger partial charge on any atom is 0.146 e. The van der Waals surface area contributed by atoms with Crippen molar-refractivity contribution in [2.24, 2.45) is 0 Å². The summed E-state index contributed by atoms with van der Waals surface area (Å²) in [6.45, 7) is 3.74. The normalized spacial score (nSPS) is 10.9. The number of para-hydroxylation sites is 1. The lowest BCUT2D eigenvalue weighted by Gasteiger charge is -2.03. The van der Waals surface area contributed by atoms with Crippen LogP contribution in [0, 0.1) is 5.41 Å². The van der Waals surface area contributed by atoms with E-state index in [4.69, 9.17) is 21.4 Å². The van der Waals surface area contributed by atoms with E-state index in [0.717, 1.165) is 21.9 Å². The third-order valence-electron chi connectivity index (χ3n) is 3.04. The van der Waals surface area contributed by atoms with Crippen molar-refractivity contribution in [1.82, 2.24) is 0 Å². The molecule has 0 atom stereocenters. The average Bonchev–Trinajstić information content (AvgIpc) is 2.78. The summed E-state index contributed by atoms with van der Waals surface area (Å²) in [5, 5.41) is 9.99. The second kappa shape index (κ2) is 4.00. The highest BCUT2D eigenvalue weighted by Gasteiger charge is 2.15. The predicted molar refractivity (Wildman–Crippen MR) is 76.7 cm³/mol. The first-order chi connectivity index (χ1) is 8.76. The molecule has 1 N–H and O–H groups in total. The molecule has 0 aliphatic heterocycles. The second-order valence-corrected chi connectivity index (χ2v) is 4.42. The molecule has 0 aliphatic rings. The first-order valence-corrected chi connectivity index (χ1v) is 5.90. The summed E-state index contributed by atoms with van der Waals surface area (Å²) in [7, 11) is 0. The molecule has 0 spiro atoms. The molecule has 18 heavy (non-hydrogen) atoms. The highest BCUT2D eigenvalue weighted by atomic mass is 35.5. The first kappa shape index (κ1) is 11.1. The Morgan fingerprint density at radius 1 is 1.28 bits per heavy atom. The van der Waals surface area contributed by atoms with E-state index in [0.29, 0.717) is 16.2 Å². The molecule has 1 heterocycles. The molecule has 2 aromatic carbocycles. The molecule has 0 saturated carbocycles. The zero-order chi connectivity index (χ0) is 12.7. The molecule has 0 bridgehead atoms. The van der Waals surface area contributed by atoms with Crippen molar-refractivity contribution in [1.29, 1.82) is 5.41 Å². The van der Waals surface area contributed by atoms with Gasteiger partial charge in [-0.3, -0.25) is 0 Å². The number of halogens is 1. The topological polar surface area (TPSA) is 37.0 Å². The van der Waals surface area contributed by atoms with Gasteiger partial charge in [0.15, 0.2) is 0 Å². The van der Waals surface area contributed by atoms with Crippen LogP contribution in [0.3, 0.4) is 0 Å². The van der Waals surface area contributed by atoms with Gasteiger partial charge in [-0.2, -0.15) is 0 Å². The van der Waals surface area contributed by atoms with Crippen LogP contribution in [0.25, 0.3) is 28.0 Å². The van der Waals surface area contributed by atoms with Crippen molar-refractivity contribution in [3.05, 3.63) is 53.1 Å². The van der Waals surface area contributed by atoms with Crippen LogP contribution in [0.15, 0.2) is 41.3 Å². The van der Waals surface area contributed by atoms with Gasteiger partial charge in [-0.25, -0.2) is 0 Å². The summed E-state index contributed by atoms with van der Waals surface area (Å²) in [4.78, 5) is 0. The molecule has 88 valence electrons. The number of rotatable bonds is 2. The van der Waals surface area contributed by atoms with Crippen LogP contribution < -0.4 is 0 Å². The van der Waals surface area contributed by atoms with Crippen LogP contribution >= 0.6 is 11.6 Å². The van der Waals surface area contributed by atoms with Crippen LogP contribution in [0.4, 0.5) is 0 Å². The summed E-state index contributed by atoms with van der Waals surface area (Å²) in [6, 6.07) is 9.54. The van der Waals surface area contributed by atoms with E-state index in [9.17, 15) is 0 Å². The van der Waals surface area contributed by atoms with Crippen molar-refractivity contribution in [2.75, 3.05) is 0 Å². The Morgan fingerprint density at radius 2 is 2.06 bits per heavy atom. The molecule has 0 amide bonds. The molecule has 1 aromatic heterocycles. The second-order valence-electron chi connectivity index (χ2n) is 4.01. The van der Waals surface area contributed by atoms with E-state index in [1.807, 2.05) is 30.3 Å². The van der Waals surface area contributed by atoms with E-state index in [-0.39, 0.29) is 0 Å². The van der Waals surface area contributed by atoms with Gasteiger partial charge in [-0.05, 0) is 17.7 Å². The number of nitrogens with one attached hydrogen (secondary N) is 1. The van der Waals surface area contributed by atoms with Gasteiger partial charge in [-0.1, -0.05) is 42.5 Å². The third kappa shape index (κ3) is 1.39. The Labute approximate surface area is 109 Å². The molecular weight excluding hydrogens is 246 g/mol. The Kier molecular flexibility index (Phi) is 2.46. The fraction of sp³-hybridized carbons (Fsp3) is 0. The Bertz CT molecular complexity index is 786. The fourth-order valence-electron chi connectivity index (χ4n) is 2.21. The lowest BCUT2D eigenvalue weighted by Crippen LogP contribution is -1.87. The number of furan rings is 1. The highest BCUT2D eigenvalue weighted by Crippen LogP contribution is 2.37. The molecule has 3 aromatic rings. The summed E-state index contributed by atoms with van der Waals surface area (Å²) in [5.74, 6) is 0. The fourth-order valence-corrected chi connectivity index (χ4v) is 2.51. The van der Waals surface area contributed by atoms with Gasteiger partial charge >= 0.3 is 0 Å². The van der Waals surface area contributed by atoms with Gasteiger partial charge in [0.2, 0.25) is 0 Å². The molecule has 2 nitrogen and oxygen atoms in total. The van der Waals surface area contributed by atoms with Gasteiger partial charge in [0.05, 0.1) is 5.02 Å². The van der Waals surface area contributed by atoms with Gasteiger partial charge in [0.1, 0.15) is 11.2 Å². The number of benzene rings is 2. The van der Waals surface area contributed by atoms with Gasteiger partial charge in [0, 0.05) is 22.6 Å². The molecule has 3 heteroatoms. The predicted octanol–water partition coefficient (Wildman–Crippen LogP) is 4.88. The van der Waals surface area contributed by atoms with Crippen molar-refractivity contribution in [3.63, 3.8) is 0 Å². The largest absolute Gasteiger partial charge is 0.455 e. The first-order valence-electron chi connectivity index (χ1n) is 5.53. The molecule has 3 rings (SSSR count). The lowest BCUT2D eigenvalue weighted by atomic mass is 10.0. The third-order valence-corrected chi connectivity index (χ3v) is 3.33. The van der Waals surface area contributed by atoms with E-state index in [1.54, 1.807) is 6.08 Å². The van der Waals surface area contributed by atoms with Crippen molar-refractivity contribution < 1.29 is 4.42 Å². The summed E-state index contributed by atoms with van der Waals surface area (Å²) in [6.07, 6.45) is 2.96. The minimum atomic E-state index is 0.621. The van der Waals surface area contributed by atoms with Gasteiger partial charge in [-0.15, -0.1) is 0 Å². The molecule has 0 aliphatic carbocycles. The van der Waals surface area contributed by atoms with E-state index in [2.05, 4.69) is 6.58 Å². The van der Waals surface area contributed by atoms with Crippen molar-refractivity contribution >= 4 is 45.8 Å². The number of hydrogen-bond acceptors (Lipinski definition) is 2. The minimum Gasteiger partial charge on any atom is -0.455 e. The molecule has 0 unspecified atom stereocenters. The van der Waals surface area contributed by atoms with Crippen molar-refractivity contribution in [3.8, 4) is 0 Å². The van der Waals surface area contributed by atoms with Crippen molar-refractivity contribution in [2.45, 2.75) is 0 Å². The number of fused-ring (bicyclic) bond motifs is 3. The molecular formula is C15H10ClNO. The standard InChI is InChI=1S/C15H10ClNO/c1-2-9-7-12(16)14-10-5-3-4-6-13(10)18-15(14)11(9)8-17/h2-8,17H,1H2. The number of hydrogen-bond donors (Lipinski definition) is 1. The molecule has 0 fully saturated rings. The average molecular weight is 256 g/mol.